The lowest BCUT2D eigenvalue weighted by molar-refractivity contribution is -0.140. The number of para-hydroxylation sites is 2. The monoisotopic (exact) mass is 573 g/mol. The highest BCUT2D eigenvalue weighted by Gasteiger charge is 2.22. The van der Waals surface area contributed by atoms with Gasteiger partial charge in [0.15, 0.2) is 6.61 Å². The molecule has 0 aliphatic carbocycles. The molecule has 4 rings (SSSR count). The van der Waals surface area contributed by atoms with Crippen molar-refractivity contribution in [3.8, 4) is 11.5 Å². The third-order valence-electron chi connectivity index (χ3n) is 7.08. The van der Waals surface area contributed by atoms with Gasteiger partial charge >= 0.3 is 5.97 Å². The highest BCUT2D eigenvalue weighted by atomic mass is 16.5. The smallest absolute Gasteiger partial charge is 0.305 e. The molecule has 9 nitrogen and oxygen atoms in total. The first kappa shape index (κ1) is 30.2. The number of methoxy groups -OCH3 is 2. The summed E-state index contributed by atoms with van der Waals surface area (Å²) < 4.78 is 15.9. The second-order valence-electron chi connectivity index (χ2n) is 10.0. The maximum atomic E-state index is 13.1. The van der Waals surface area contributed by atoms with Gasteiger partial charge in [0, 0.05) is 50.5 Å². The first-order valence-corrected chi connectivity index (χ1v) is 13.9. The number of esters is 1. The van der Waals surface area contributed by atoms with Crippen molar-refractivity contribution in [3.05, 3.63) is 95.7 Å². The number of aromatic nitrogens is 1. The quantitative estimate of drug-likeness (QED) is 0.212. The van der Waals surface area contributed by atoms with Gasteiger partial charge in [0.05, 0.1) is 20.3 Å². The molecule has 0 aliphatic rings. The van der Waals surface area contributed by atoms with Crippen LogP contribution in [0.5, 0.6) is 11.5 Å². The third-order valence-corrected chi connectivity index (χ3v) is 7.08. The number of nitrogens with zero attached hydrogens (tertiary/aromatic N) is 1. The number of amides is 2. The first-order chi connectivity index (χ1) is 20.4. The van der Waals surface area contributed by atoms with Crippen molar-refractivity contribution in [1.82, 2.24) is 15.2 Å². The summed E-state index contributed by atoms with van der Waals surface area (Å²) in [6.45, 7) is 1.99. The molecule has 0 saturated carbocycles. The third kappa shape index (κ3) is 8.36. The van der Waals surface area contributed by atoms with Crippen LogP contribution < -0.4 is 14.8 Å². The summed E-state index contributed by atoms with van der Waals surface area (Å²) >= 11 is 0. The number of rotatable bonds is 14. The van der Waals surface area contributed by atoms with Crippen LogP contribution in [-0.2, 0) is 38.5 Å². The lowest BCUT2D eigenvalue weighted by Gasteiger charge is -2.28. The molecule has 2 N–H and O–H groups in total. The molecule has 0 fully saturated rings. The van der Waals surface area contributed by atoms with Gasteiger partial charge in [-0.25, -0.2) is 0 Å². The molecule has 1 atom stereocenters. The summed E-state index contributed by atoms with van der Waals surface area (Å²) in [5, 5.41) is 4.16. The minimum absolute atomic E-state index is 0. The van der Waals surface area contributed by atoms with Crippen molar-refractivity contribution in [3.63, 3.8) is 0 Å². The van der Waals surface area contributed by atoms with Gasteiger partial charge < -0.3 is 29.4 Å². The number of carbonyl (C=O) groups excluding carboxylic acids is 3. The van der Waals surface area contributed by atoms with Crippen LogP contribution in [0, 0.1) is 0 Å². The highest BCUT2D eigenvalue weighted by molar-refractivity contribution is 5.83. The summed E-state index contributed by atoms with van der Waals surface area (Å²) in [4.78, 5) is 42.2. The topological polar surface area (TPSA) is 110 Å². The van der Waals surface area contributed by atoms with Gasteiger partial charge in [-0.3, -0.25) is 14.4 Å². The van der Waals surface area contributed by atoms with Crippen LogP contribution in [0.4, 0.5) is 0 Å². The maximum Gasteiger partial charge on any atom is 0.305 e. The number of aromatic amines is 1. The number of carbonyl (C=O) groups is 3. The van der Waals surface area contributed by atoms with Crippen LogP contribution in [0.1, 0.15) is 31.5 Å². The highest BCUT2D eigenvalue weighted by Crippen LogP contribution is 2.22. The lowest BCUT2D eigenvalue weighted by atomic mass is 10.0. The van der Waals surface area contributed by atoms with E-state index in [2.05, 4.69) is 15.0 Å². The Hall–Kier alpha value is -4.79. The van der Waals surface area contributed by atoms with Gasteiger partial charge in [0.25, 0.3) is 5.91 Å². The van der Waals surface area contributed by atoms with Gasteiger partial charge in [-0.05, 0) is 48.2 Å². The second-order valence-corrected chi connectivity index (χ2v) is 10.0. The van der Waals surface area contributed by atoms with Crippen molar-refractivity contribution in [1.29, 1.82) is 0 Å². The standard InChI is InChI=1S/C33H37N3O6.H2/c1-23(37)36(20-25-8-4-7-11-31(25)40-2)21-27(18-26-19-34-30-10-6-5-9-29(26)30)35-32(38)22-42-28-15-12-24(13-16-28)14-17-33(39)41-3;/h4-13,15-16,19,27,34H,14,17-18,20-22H2,1-3H3,(H,35,38);1H. The number of hydrogen-bond donors (Lipinski definition) is 2. The molecule has 4 aromatic rings. The van der Waals surface area contributed by atoms with Crippen LogP contribution in [0.3, 0.4) is 0 Å². The van der Waals surface area contributed by atoms with Crippen LogP contribution in [0.15, 0.2) is 79.0 Å². The Morgan fingerprint density at radius 2 is 1.69 bits per heavy atom. The minimum atomic E-state index is -0.375. The molecule has 0 radical (unpaired) electrons. The van der Waals surface area contributed by atoms with E-state index in [-0.39, 0.29) is 31.9 Å². The van der Waals surface area contributed by atoms with E-state index in [0.29, 0.717) is 43.9 Å². The van der Waals surface area contributed by atoms with Crippen molar-refractivity contribution in [2.45, 2.75) is 38.8 Å². The molecular weight excluding hydrogens is 534 g/mol. The van der Waals surface area contributed by atoms with E-state index in [4.69, 9.17) is 9.47 Å². The molecule has 42 heavy (non-hydrogen) atoms. The fourth-order valence-electron chi connectivity index (χ4n) is 4.86. The summed E-state index contributed by atoms with van der Waals surface area (Å²) in [7, 11) is 2.97. The molecule has 9 heteroatoms. The Bertz CT molecular complexity index is 1500. The van der Waals surface area contributed by atoms with Gasteiger partial charge in [-0.2, -0.15) is 0 Å². The molecule has 1 aromatic heterocycles. The number of nitrogens with one attached hydrogen (secondary N) is 2. The van der Waals surface area contributed by atoms with E-state index in [0.717, 1.165) is 27.6 Å². The molecule has 1 unspecified atom stereocenters. The minimum Gasteiger partial charge on any atom is -0.496 e. The molecule has 0 bridgehead atoms. The molecule has 222 valence electrons. The number of benzene rings is 3. The molecule has 1 heterocycles. The Labute approximate surface area is 247 Å². The summed E-state index contributed by atoms with van der Waals surface area (Å²) in [5.41, 5.74) is 3.90. The molecule has 3 aromatic carbocycles. The predicted octanol–water partition coefficient (Wildman–Crippen LogP) is 4.68. The molecular formula is C33H39N3O6. The van der Waals surface area contributed by atoms with E-state index < -0.39 is 0 Å². The summed E-state index contributed by atoms with van der Waals surface area (Å²) in [6.07, 6.45) is 3.32. The fourth-order valence-corrected chi connectivity index (χ4v) is 4.86. The molecule has 0 aliphatic heterocycles. The van der Waals surface area contributed by atoms with E-state index >= 15 is 0 Å². The number of aryl methyl sites for hydroxylation is 1. The fraction of sp³-hybridized carbons (Fsp3) is 0.303. The number of fused-ring (bicyclic) bond motifs is 1. The molecule has 0 saturated heterocycles. The van der Waals surface area contributed by atoms with Gasteiger partial charge in [-0.1, -0.05) is 48.5 Å². The van der Waals surface area contributed by atoms with Crippen LogP contribution in [0.2, 0.25) is 0 Å². The Morgan fingerprint density at radius 1 is 0.952 bits per heavy atom. The zero-order valence-corrected chi connectivity index (χ0v) is 24.2. The van der Waals surface area contributed by atoms with Crippen molar-refractivity contribution >= 4 is 28.7 Å². The predicted molar refractivity (Wildman–Crippen MR) is 162 cm³/mol. The molecule has 0 spiro atoms. The second kappa shape index (κ2) is 14.7. The van der Waals surface area contributed by atoms with E-state index in [1.165, 1.54) is 14.0 Å². The van der Waals surface area contributed by atoms with E-state index in [9.17, 15) is 14.4 Å². The number of hydrogen-bond acceptors (Lipinski definition) is 6. The van der Waals surface area contributed by atoms with Crippen LogP contribution >= 0.6 is 0 Å². The van der Waals surface area contributed by atoms with Crippen LogP contribution in [0.25, 0.3) is 10.9 Å². The zero-order chi connectivity index (χ0) is 29.9. The average Bonchev–Trinajstić information content (AvgIpc) is 3.41. The SMILES string of the molecule is COC(=O)CCc1ccc(OCC(=O)NC(Cc2c[nH]c3ccccc23)CN(Cc2ccccc2OC)C(C)=O)cc1.[HH]. The Balaban J connectivity index is 0.00000506. The molecule has 2 amide bonds. The first-order valence-electron chi connectivity index (χ1n) is 13.9. The normalized spacial score (nSPS) is 11.5. The van der Waals surface area contributed by atoms with Crippen molar-refractivity contribution < 1.29 is 30.0 Å². The Morgan fingerprint density at radius 3 is 2.43 bits per heavy atom. The van der Waals surface area contributed by atoms with Gasteiger partial charge in [0.1, 0.15) is 11.5 Å². The lowest BCUT2D eigenvalue weighted by Crippen LogP contribution is -2.47. The average molecular weight is 574 g/mol. The number of H-pyrrole nitrogens is 1. The van der Waals surface area contributed by atoms with Crippen molar-refractivity contribution in [2.75, 3.05) is 27.4 Å². The van der Waals surface area contributed by atoms with Gasteiger partial charge in [-0.15, -0.1) is 0 Å². The van der Waals surface area contributed by atoms with E-state index in [1.807, 2.05) is 66.9 Å². The van der Waals surface area contributed by atoms with Gasteiger partial charge in [0.2, 0.25) is 5.91 Å². The maximum absolute atomic E-state index is 13.1. The van der Waals surface area contributed by atoms with Crippen molar-refractivity contribution in [2.24, 2.45) is 0 Å². The summed E-state index contributed by atoms with van der Waals surface area (Å²) in [6, 6.07) is 22.5. The zero-order valence-electron chi connectivity index (χ0n) is 24.2. The van der Waals surface area contributed by atoms with E-state index in [1.54, 1.807) is 24.1 Å². The van der Waals surface area contributed by atoms with Crippen LogP contribution in [-0.4, -0.2) is 61.1 Å². The number of ether oxygens (including phenoxy) is 3. The Kier molecular flexibility index (Phi) is 10.6. The summed E-state index contributed by atoms with van der Waals surface area (Å²) in [5.74, 6) is 0.575. The largest absolute Gasteiger partial charge is 0.496 e.